The van der Waals surface area contributed by atoms with Crippen LogP contribution in [0.2, 0.25) is 0 Å². The molecule has 1 atom stereocenters. The molecule has 76 valence electrons. The van der Waals surface area contributed by atoms with Crippen molar-refractivity contribution < 1.29 is 9.34 Å². The van der Waals surface area contributed by atoms with Gasteiger partial charge in [0.15, 0.2) is 0 Å². The Labute approximate surface area is 81.6 Å². The van der Waals surface area contributed by atoms with E-state index in [2.05, 4.69) is 5.32 Å². The van der Waals surface area contributed by atoms with Crippen LogP contribution < -0.4 is 5.32 Å². The number of rotatable bonds is 4. The van der Waals surface area contributed by atoms with Crippen molar-refractivity contribution in [2.45, 2.75) is 13.0 Å². The van der Waals surface area contributed by atoms with Gasteiger partial charge in [0.2, 0.25) is 0 Å². The lowest BCUT2D eigenvalue weighted by Crippen LogP contribution is -2.17. The maximum atomic E-state index is 10.3. The summed E-state index contributed by atoms with van der Waals surface area (Å²) < 4.78 is 4.93. The van der Waals surface area contributed by atoms with Gasteiger partial charge in [-0.3, -0.25) is 10.1 Å². The minimum absolute atomic E-state index is 0.208. The molecule has 5 nitrogen and oxygen atoms in total. The van der Waals surface area contributed by atoms with Gasteiger partial charge in [0.05, 0.1) is 6.07 Å². The van der Waals surface area contributed by atoms with Crippen LogP contribution in [-0.2, 0) is 0 Å². The highest BCUT2D eigenvalue weighted by Gasteiger charge is 2.09. The van der Waals surface area contributed by atoms with Crippen LogP contribution in [0.25, 0.3) is 6.08 Å². The number of likely N-dealkylation sites (N-methyl/N-ethyl adjacent to an activating group) is 1. The van der Waals surface area contributed by atoms with E-state index in [4.69, 9.17) is 4.42 Å². The Balaban J connectivity index is 2.68. The smallest absolute Gasteiger partial charge is 0.401 e. The van der Waals surface area contributed by atoms with Gasteiger partial charge in [0.1, 0.15) is 10.7 Å². The summed E-state index contributed by atoms with van der Waals surface area (Å²) in [5, 5.41) is 13.3. The summed E-state index contributed by atoms with van der Waals surface area (Å²) in [7, 11) is 1.83. The van der Waals surface area contributed by atoms with E-state index in [1.54, 1.807) is 12.1 Å². The van der Waals surface area contributed by atoms with Gasteiger partial charge in [-0.2, -0.15) is 0 Å². The minimum Gasteiger partial charge on any atom is -0.401 e. The molecule has 0 aromatic carbocycles. The van der Waals surface area contributed by atoms with Crippen molar-refractivity contribution in [1.82, 2.24) is 5.32 Å². The lowest BCUT2D eigenvalue weighted by molar-refractivity contribution is -0.402. The molecule has 1 aromatic heterocycles. The fourth-order valence-corrected chi connectivity index (χ4v) is 0.865. The molecule has 0 bridgehead atoms. The van der Waals surface area contributed by atoms with Gasteiger partial charge in [-0.25, -0.2) is 0 Å². The van der Waals surface area contributed by atoms with Gasteiger partial charge in [-0.1, -0.05) is 6.08 Å². The van der Waals surface area contributed by atoms with Crippen LogP contribution >= 0.6 is 0 Å². The van der Waals surface area contributed by atoms with Crippen LogP contribution in [0, 0.1) is 10.1 Å². The van der Waals surface area contributed by atoms with Gasteiger partial charge < -0.3 is 9.73 Å². The molecule has 0 spiro atoms. The Hall–Kier alpha value is -1.62. The Bertz CT molecular complexity index is 344. The molecule has 0 aliphatic heterocycles. The lowest BCUT2D eigenvalue weighted by Gasteiger charge is -2.00. The number of hydrogen-bond donors (Lipinski definition) is 1. The predicted octanol–water partition coefficient (Wildman–Crippen LogP) is 1.81. The van der Waals surface area contributed by atoms with Crippen LogP contribution in [0.4, 0.5) is 5.88 Å². The molecular formula is C9H12N2O3. The second-order valence-electron chi connectivity index (χ2n) is 2.87. The van der Waals surface area contributed by atoms with Gasteiger partial charge in [0, 0.05) is 6.04 Å². The number of furan rings is 1. The van der Waals surface area contributed by atoms with Gasteiger partial charge in [-0.15, -0.1) is 0 Å². The second kappa shape index (κ2) is 4.57. The molecule has 1 heterocycles. The molecule has 0 aliphatic carbocycles. The summed E-state index contributed by atoms with van der Waals surface area (Å²) in [6, 6.07) is 3.11. The molecule has 1 N–H and O–H groups in total. The van der Waals surface area contributed by atoms with Gasteiger partial charge >= 0.3 is 5.88 Å². The summed E-state index contributed by atoms with van der Waals surface area (Å²) in [4.78, 5) is 9.73. The minimum atomic E-state index is -0.557. The number of nitro groups is 1. The molecule has 0 amide bonds. The molecule has 0 saturated heterocycles. The highest BCUT2D eigenvalue weighted by Crippen LogP contribution is 2.16. The summed E-state index contributed by atoms with van der Waals surface area (Å²) in [6.07, 6.45) is 3.57. The first-order chi connectivity index (χ1) is 6.63. The Morgan fingerprint density at radius 2 is 2.36 bits per heavy atom. The molecular weight excluding hydrogens is 184 g/mol. The Kier molecular flexibility index (Phi) is 3.41. The molecule has 5 heteroatoms. The van der Waals surface area contributed by atoms with E-state index in [9.17, 15) is 10.1 Å². The maximum Gasteiger partial charge on any atom is 0.433 e. The molecule has 0 radical (unpaired) electrons. The molecule has 14 heavy (non-hydrogen) atoms. The quantitative estimate of drug-likeness (QED) is 0.589. The fourth-order valence-electron chi connectivity index (χ4n) is 0.865. The molecule has 0 fully saturated rings. The monoisotopic (exact) mass is 196 g/mol. The van der Waals surface area contributed by atoms with Crippen molar-refractivity contribution in [3.05, 3.63) is 34.1 Å². The van der Waals surface area contributed by atoms with Crippen LogP contribution in [-0.4, -0.2) is 18.0 Å². The largest absolute Gasteiger partial charge is 0.433 e. The predicted molar refractivity (Wildman–Crippen MR) is 52.9 cm³/mol. The molecule has 0 saturated carbocycles. The first-order valence-corrected chi connectivity index (χ1v) is 4.23. The third-order valence-electron chi connectivity index (χ3n) is 1.80. The highest BCUT2D eigenvalue weighted by molar-refractivity contribution is 5.45. The van der Waals surface area contributed by atoms with Crippen molar-refractivity contribution in [3.63, 3.8) is 0 Å². The van der Waals surface area contributed by atoms with Crippen molar-refractivity contribution >= 4 is 12.0 Å². The number of hydrogen-bond acceptors (Lipinski definition) is 4. The van der Waals surface area contributed by atoms with Crippen molar-refractivity contribution in [2.75, 3.05) is 7.05 Å². The summed E-state index contributed by atoms with van der Waals surface area (Å²) in [6.45, 7) is 1.97. The highest BCUT2D eigenvalue weighted by atomic mass is 16.6. The molecule has 1 rings (SSSR count). The first-order valence-electron chi connectivity index (χ1n) is 4.23. The van der Waals surface area contributed by atoms with E-state index >= 15 is 0 Å². The van der Waals surface area contributed by atoms with E-state index in [1.165, 1.54) is 6.07 Å². The zero-order valence-corrected chi connectivity index (χ0v) is 8.06. The van der Waals surface area contributed by atoms with Crippen molar-refractivity contribution in [1.29, 1.82) is 0 Å². The third-order valence-corrected chi connectivity index (χ3v) is 1.80. The van der Waals surface area contributed by atoms with Gasteiger partial charge in [0.25, 0.3) is 0 Å². The van der Waals surface area contributed by atoms with E-state index in [0.717, 1.165) is 0 Å². The lowest BCUT2D eigenvalue weighted by atomic mass is 10.3. The summed E-state index contributed by atoms with van der Waals surface area (Å²) >= 11 is 0. The summed E-state index contributed by atoms with van der Waals surface area (Å²) in [5.74, 6) is 0.251. The van der Waals surface area contributed by atoms with E-state index in [0.29, 0.717) is 5.76 Å². The van der Waals surface area contributed by atoms with E-state index in [1.807, 2.05) is 20.0 Å². The van der Waals surface area contributed by atoms with Crippen LogP contribution in [0.3, 0.4) is 0 Å². The maximum absolute atomic E-state index is 10.3. The Morgan fingerprint density at radius 1 is 1.64 bits per heavy atom. The first kappa shape index (κ1) is 10.5. The molecule has 0 aliphatic rings. The standard InChI is InChI=1S/C9H12N2O3/c1-7(10-2)3-4-8-5-6-9(14-8)11(12)13/h3-7,10H,1-2H3/b4-3+. The fraction of sp³-hybridized carbons (Fsp3) is 0.333. The second-order valence-corrected chi connectivity index (χ2v) is 2.87. The topological polar surface area (TPSA) is 68.3 Å². The van der Waals surface area contributed by atoms with Gasteiger partial charge in [-0.05, 0) is 26.1 Å². The third kappa shape index (κ3) is 2.70. The van der Waals surface area contributed by atoms with E-state index < -0.39 is 4.92 Å². The van der Waals surface area contributed by atoms with E-state index in [-0.39, 0.29) is 11.9 Å². The zero-order chi connectivity index (χ0) is 10.6. The zero-order valence-electron chi connectivity index (χ0n) is 8.06. The van der Waals surface area contributed by atoms with Crippen LogP contribution in [0.5, 0.6) is 0 Å². The Morgan fingerprint density at radius 3 is 2.86 bits per heavy atom. The molecule has 1 unspecified atom stereocenters. The summed E-state index contributed by atoms with van der Waals surface area (Å²) in [5.41, 5.74) is 0. The average molecular weight is 196 g/mol. The normalized spacial score (nSPS) is 13.3. The van der Waals surface area contributed by atoms with Crippen molar-refractivity contribution in [3.8, 4) is 0 Å². The van der Waals surface area contributed by atoms with Crippen LogP contribution in [0.15, 0.2) is 22.6 Å². The average Bonchev–Trinajstić information content (AvgIpc) is 2.62. The number of nitrogens with zero attached hydrogens (tertiary/aromatic N) is 1. The van der Waals surface area contributed by atoms with Crippen molar-refractivity contribution in [2.24, 2.45) is 0 Å². The molecule has 1 aromatic rings. The number of nitrogens with one attached hydrogen (secondary N) is 1. The van der Waals surface area contributed by atoms with Crippen LogP contribution in [0.1, 0.15) is 12.7 Å². The SMILES string of the molecule is CNC(C)/C=C/c1ccc([N+](=O)[O-])o1.